The number of halogens is 1. The molecule has 0 aromatic heterocycles. The van der Waals surface area contributed by atoms with E-state index in [0.29, 0.717) is 6.42 Å². The van der Waals surface area contributed by atoms with E-state index in [0.717, 1.165) is 28.5 Å². The molecule has 0 saturated heterocycles. The van der Waals surface area contributed by atoms with Gasteiger partial charge in [-0.1, -0.05) is 35.9 Å². The van der Waals surface area contributed by atoms with Crippen LogP contribution in [0.5, 0.6) is 0 Å². The van der Waals surface area contributed by atoms with E-state index in [-0.39, 0.29) is 11.9 Å². The highest BCUT2D eigenvalue weighted by Crippen LogP contribution is 2.30. The summed E-state index contributed by atoms with van der Waals surface area (Å²) in [4.78, 5) is 13.2. The summed E-state index contributed by atoms with van der Waals surface area (Å²) in [6.45, 7) is 0. The number of carbonyl (C=O) groups excluding carboxylic acids is 1. The van der Waals surface area contributed by atoms with Gasteiger partial charge >= 0.3 is 0 Å². The van der Waals surface area contributed by atoms with Crippen molar-refractivity contribution in [2.45, 2.75) is 30.2 Å². The average molecular weight is 332 g/mol. The van der Waals surface area contributed by atoms with Crippen LogP contribution >= 0.6 is 23.4 Å². The minimum Gasteiger partial charge on any atom is -0.349 e. The predicted molar refractivity (Wildman–Crippen MR) is 92.4 cm³/mol. The van der Waals surface area contributed by atoms with Crippen molar-refractivity contribution in [3.8, 4) is 0 Å². The SMILES string of the molecule is O=C(CCSc1ccc(Cl)cc1)NC1CCc2ccccc21. The van der Waals surface area contributed by atoms with Crippen molar-refractivity contribution in [2.24, 2.45) is 0 Å². The van der Waals surface area contributed by atoms with Crippen molar-refractivity contribution in [1.29, 1.82) is 0 Å². The molecule has 3 rings (SSSR count). The van der Waals surface area contributed by atoms with Gasteiger partial charge in [-0.25, -0.2) is 0 Å². The van der Waals surface area contributed by atoms with Crippen molar-refractivity contribution in [3.05, 3.63) is 64.7 Å². The summed E-state index contributed by atoms with van der Waals surface area (Å²) in [5.74, 6) is 0.908. The monoisotopic (exact) mass is 331 g/mol. The Labute approximate surface area is 140 Å². The zero-order valence-corrected chi connectivity index (χ0v) is 13.8. The Balaban J connectivity index is 1.46. The lowest BCUT2D eigenvalue weighted by atomic mass is 10.1. The minimum absolute atomic E-state index is 0.128. The molecule has 0 bridgehead atoms. The number of hydrogen-bond donors (Lipinski definition) is 1. The smallest absolute Gasteiger partial charge is 0.221 e. The molecular weight excluding hydrogens is 314 g/mol. The number of amides is 1. The zero-order chi connectivity index (χ0) is 15.4. The summed E-state index contributed by atoms with van der Waals surface area (Å²) in [6, 6.07) is 16.3. The summed E-state index contributed by atoms with van der Waals surface area (Å²) < 4.78 is 0. The molecule has 2 aromatic carbocycles. The van der Waals surface area contributed by atoms with Gasteiger partial charge in [0.1, 0.15) is 0 Å². The lowest BCUT2D eigenvalue weighted by Crippen LogP contribution is -2.27. The molecule has 4 heteroatoms. The quantitative estimate of drug-likeness (QED) is 0.809. The predicted octanol–water partition coefficient (Wildman–Crippen LogP) is 4.63. The third-order valence-corrected chi connectivity index (χ3v) is 5.15. The second kappa shape index (κ2) is 7.21. The molecule has 22 heavy (non-hydrogen) atoms. The highest BCUT2D eigenvalue weighted by molar-refractivity contribution is 7.99. The Kier molecular flexibility index (Phi) is 5.06. The van der Waals surface area contributed by atoms with E-state index in [2.05, 4.69) is 23.5 Å². The summed E-state index contributed by atoms with van der Waals surface area (Å²) in [7, 11) is 0. The van der Waals surface area contributed by atoms with Crippen molar-refractivity contribution in [1.82, 2.24) is 5.32 Å². The molecule has 0 radical (unpaired) electrons. The molecule has 2 aromatic rings. The van der Waals surface area contributed by atoms with E-state index in [1.165, 1.54) is 11.1 Å². The van der Waals surface area contributed by atoms with Gasteiger partial charge in [0.15, 0.2) is 0 Å². The van der Waals surface area contributed by atoms with Crippen LogP contribution in [-0.4, -0.2) is 11.7 Å². The van der Waals surface area contributed by atoms with Crippen LogP contribution in [0.1, 0.15) is 30.0 Å². The van der Waals surface area contributed by atoms with E-state index in [9.17, 15) is 4.79 Å². The molecule has 0 fully saturated rings. The molecular formula is C18H18ClNOS. The Morgan fingerprint density at radius 2 is 1.95 bits per heavy atom. The highest BCUT2D eigenvalue weighted by atomic mass is 35.5. The van der Waals surface area contributed by atoms with Gasteiger partial charge in [0.25, 0.3) is 0 Å². The fraction of sp³-hybridized carbons (Fsp3) is 0.278. The topological polar surface area (TPSA) is 29.1 Å². The first-order chi connectivity index (χ1) is 10.7. The number of rotatable bonds is 5. The maximum Gasteiger partial charge on any atom is 0.221 e. The molecule has 2 nitrogen and oxygen atoms in total. The number of thioether (sulfide) groups is 1. The minimum atomic E-state index is 0.128. The van der Waals surface area contributed by atoms with Crippen LogP contribution in [0, 0.1) is 0 Å². The lowest BCUT2D eigenvalue weighted by molar-refractivity contribution is -0.121. The van der Waals surface area contributed by atoms with Crippen molar-refractivity contribution in [3.63, 3.8) is 0 Å². The standard InChI is InChI=1S/C18H18ClNOS/c19-14-6-8-15(9-7-14)22-12-11-18(21)20-17-10-5-13-3-1-2-4-16(13)17/h1-4,6-9,17H,5,10-12H2,(H,20,21). The maximum absolute atomic E-state index is 12.1. The van der Waals surface area contributed by atoms with Crippen LogP contribution in [0.25, 0.3) is 0 Å². The summed E-state index contributed by atoms with van der Waals surface area (Å²) >= 11 is 7.54. The molecule has 0 saturated carbocycles. The first kappa shape index (κ1) is 15.4. The number of benzene rings is 2. The first-order valence-electron chi connectivity index (χ1n) is 7.48. The van der Waals surface area contributed by atoms with Crippen LogP contribution in [-0.2, 0) is 11.2 Å². The van der Waals surface area contributed by atoms with Gasteiger partial charge in [0, 0.05) is 22.1 Å². The molecule has 1 atom stereocenters. The molecule has 1 aliphatic rings. The average Bonchev–Trinajstić information content (AvgIpc) is 2.93. The lowest BCUT2D eigenvalue weighted by Gasteiger charge is -2.14. The second-order valence-electron chi connectivity index (χ2n) is 5.41. The number of aryl methyl sites for hydroxylation is 1. The van der Waals surface area contributed by atoms with Gasteiger partial charge in [-0.05, 0) is 48.2 Å². The van der Waals surface area contributed by atoms with Gasteiger partial charge in [-0.15, -0.1) is 11.8 Å². The number of nitrogens with one attached hydrogen (secondary N) is 1. The first-order valence-corrected chi connectivity index (χ1v) is 8.84. The van der Waals surface area contributed by atoms with Crippen LogP contribution in [0.4, 0.5) is 0 Å². The second-order valence-corrected chi connectivity index (χ2v) is 7.01. The fourth-order valence-electron chi connectivity index (χ4n) is 2.77. The Bertz CT molecular complexity index is 656. The highest BCUT2D eigenvalue weighted by Gasteiger charge is 2.22. The van der Waals surface area contributed by atoms with E-state index in [1.54, 1.807) is 11.8 Å². The van der Waals surface area contributed by atoms with E-state index < -0.39 is 0 Å². The van der Waals surface area contributed by atoms with E-state index in [4.69, 9.17) is 11.6 Å². The van der Waals surface area contributed by atoms with Gasteiger partial charge < -0.3 is 5.32 Å². The normalized spacial score (nSPS) is 16.3. The summed E-state index contributed by atoms with van der Waals surface area (Å²) in [5.41, 5.74) is 2.64. The van der Waals surface area contributed by atoms with Crippen LogP contribution in [0.3, 0.4) is 0 Å². The Morgan fingerprint density at radius 3 is 2.77 bits per heavy atom. The van der Waals surface area contributed by atoms with E-state index >= 15 is 0 Å². The van der Waals surface area contributed by atoms with Crippen molar-refractivity contribution in [2.75, 3.05) is 5.75 Å². The van der Waals surface area contributed by atoms with Crippen LogP contribution in [0.2, 0.25) is 5.02 Å². The van der Waals surface area contributed by atoms with Crippen LogP contribution in [0.15, 0.2) is 53.4 Å². The van der Waals surface area contributed by atoms with Gasteiger partial charge in [-0.3, -0.25) is 4.79 Å². The molecule has 1 unspecified atom stereocenters. The van der Waals surface area contributed by atoms with Crippen molar-refractivity contribution >= 4 is 29.3 Å². The maximum atomic E-state index is 12.1. The number of fused-ring (bicyclic) bond motifs is 1. The molecule has 0 heterocycles. The molecule has 114 valence electrons. The zero-order valence-electron chi connectivity index (χ0n) is 12.2. The molecule has 1 aliphatic carbocycles. The summed E-state index contributed by atoms with van der Waals surface area (Å²) in [5, 5.41) is 3.90. The van der Waals surface area contributed by atoms with Gasteiger partial charge in [0.2, 0.25) is 5.91 Å². The van der Waals surface area contributed by atoms with Gasteiger partial charge in [-0.2, -0.15) is 0 Å². The molecule has 0 aliphatic heterocycles. The number of carbonyl (C=O) groups is 1. The van der Waals surface area contributed by atoms with Crippen molar-refractivity contribution < 1.29 is 4.79 Å². The number of hydrogen-bond acceptors (Lipinski definition) is 2. The molecule has 1 N–H and O–H groups in total. The van der Waals surface area contributed by atoms with E-state index in [1.807, 2.05) is 30.3 Å². The Hall–Kier alpha value is -1.45. The summed E-state index contributed by atoms with van der Waals surface area (Å²) in [6.07, 6.45) is 2.60. The Morgan fingerprint density at radius 1 is 1.18 bits per heavy atom. The third kappa shape index (κ3) is 3.84. The molecule has 1 amide bonds. The third-order valence-electron chi connectivity index (χ3n) is 3.88. The van der Waals surface area contributed by atoms with Crippen LogP contribution < -0.4 is 5.32 Å². The fourth-order valence-corrected chi connectivity index (χ4v) is 3.74. The molecule has 0 spiro atoms. The van der Waals surface area contributed by atoms with Gasteiger partial charge in [0.05, 0.1) is 6.04 Å². The largest absolute Gasteiger partial charge is 0.349 e.